The van der Waals surface area contributed by atoms with E-state index in [1.807, 2.05) is 31.3 Å². The zero-order valence-electron chi connectivity index (χ0n) is 13.2. The van der Waals surface area contributed by atoms with Crippen LogP contribution in [0.3, 0.4) is 0 Å². The SMILES string of the molecule is CNC(=O)NC(=O)COC(=O)Cc1coc2cc(C)c(C)cc12. The molecule has 0 atom stereocenters. The molecule has 0 saturated heterocycles. The fraction of sp³-hybridized carbons (Fsp3) is 0.312. The van der Waals surface area contributed by atoms with Gasteiger partial charge in [0.05, 0.1) is 12.7 Å². The molecule has 1 heterocycles. The van der Waals surface area contributed by atoms with Gasteiger partial charge in [0.2, 0.25) is 0 Å². The normalized spacial score (nSPS) is 10.4. The number of furan rings is 1. The van der Waals surface area contributed by atoms with Gasteiger partial charge in [-0.2, -0.15) is 0 Å². The Morgan fingerprint density at radius 3 is 2.57 bits per heavy atom. The second kappa shape index (κ2) is 6.95. The Balaban J connectivity index is 1.97. The Morgan fingerprint density at radius 2 is 1.87 bits per heavy atom. The number of aryl methyl sites for hydroxylation is 2. The lowest BCUT2D eigenvalue weighted by Gasteiger charge is -2.05. The van der Waals surface area contributed by atoms with Crippen LogP contribution in [0.4, 0.5) is 4.79 Å². The second-order valence-corrected chi connectivity index (χ2v) is 5.16. The highest BCUT2D eigenvalue weighted by molar-refractivity contribution is 5.95. The summed E-state index contributed by atoms with van der Waals surface area (Å²) in [4.78, 5) is 34.1. The third-order valence-electron chi connectivity index (χ3n) is 3.45. The number of ether oxygens (including phenoxy) is 1. The maximum Gasteiger partial charge on any atom is 0.321 e. The summed E-state index contributed by atoms with van der Waals surface area (Å²) < 4.78 is 10.3. The minimum Gasteiger partial charge on any atom is -0.464 e. The standard InChI is InChI=1S/C16H18N2O5/c1-9-4-12-11(7-22-13(12)5-10(9)2)6-15(20)23-8-14(19)18-16(21)17-3/h4-5,7H,6,8H2,1-3H3,(H2,17,18,19,21). The van der Waals surface area contributed by atoms with Gasteiger partial charge < -0.3 is 14.5 Å². The van der Waals surface area contributed by atoms with E-state index in [0.29, 0.717) is 11.1 Å². The number of esters is 1. The maximum absolute atomic E-state index is 11.8. The van der Waals surface area contributed by atoms with Crippen molar-refractivity contribution in [3.63, 3.8) is 0 Å². The molecule has 0 aliphatic carbocycles. The van der Waals surface area contributed by atoms with E-state index in [1.54, 1.807) is 0 Å². The van der Waals surface area contributed by atoms with Crippen LogP contribution in [0, 0.1) is 13.8 Å². The van der Waals surface area contributed by atoms with Crippen molar-refractivity contribution in [2.24, 2.45) is 0 Å². The van der Waals surface area contributed by atoms with Crippen molar-refractivity contribution in [3.8, 4) is 0 Å². The van der Waals surface area contributed by atoms with Crippen molar-refractivity contribution in [2.45, 2.75) is 20.3 Å². The van der Waals surface area contributed by atoms with Crippen LogP contribution in [0.15, 0.2) is 22.8 Å². The summed E-state index contributed by atoms with van der Waals surface area (Å²) in [6.45, 7) is 3.45. The molecule has 0 saturated carbocycles. The Hall–Kier alpha value is -2.83. The van der Waals surface area contributed by atoms with E-state index in [9.17, 15) is 14.4 Å². The maximum atomic E-state index is 11.8. The van der Waals surface area contributed by atoms with Gasteiger partial charge in [-0.25, -0.2) is 4.79 Å². The van der Waals surface area contributed by atoms with Crippen molar-refractivity contribution in [3.05, 3.63) is 35.1 Å². The first-order valence-electron chi connectivity index (χ1n) is 7.05. The molecular formula is C16H18N2O5. The van der Waals surface area contributed by atoms with Crippen LogP contribution in [0.25, 0.3) is 11.0 Å². The predicted octanol–water partition coefficient (Wildman–Crippen LogP) is 1.59. The molecule has 7 nitrogen and oxygen atoms in total. The third-order valence-corrected chi connectivity index (χ3v) is 3.45. The fourth-order valence-corrected chi connectivity index (χ4v) is 2.05. The molecule has 2 aromatic rings. The van der Waals surface area contributed by atoms with E-state index in [2.05, 4.69) is 5.32 Å². The number of carbonyl (C=O) groups excluding carboxylic acids is 3. The first kappa shape index (κ1) is 16.5. The molecule has 7 heteroatoms. The summed E-state index contributed by atoms with van der Waals surface area (Å²) in [5.41, 5.74) is 3.60. The van der Waals surface area contributed by atoms with Crippen molar-refractivity contribution in [1.82, 2.24) is 10.6 Å². The van der Waals surface area contributed by atoms with Gasteiger partial charge in [-0.05, 0) is 37.1 Å². The number of fused-ring (bicyclic) bond motifs is 1. The summed E-state index contributed by atoms with van der Waals surface area (Å²) in [6, 6.07) is 3.21. The minimum atomic E-state index is -0.693. The van der Waals surface area contributed by atoms with E-state index in [0.717, 1.165) is 16.5 Å². The molecule has 2 N–H and O–H groups in total. The van der Waals surface area contributed by atoms with Crippen molar-refractivity contribution >= 4 is 28.9 Å². The molecule has 0 fully saturated rings. The lowest BCUT2D eigenvalue weighted by molar-refractivity contribution is -0.147. The third kappa shape index (κ3) is 4.09. The van der Waals surface area contributed by atoms with Crippen LogP contribution in [0.5, 0.6) is 0 Å². The zero-order valence-corrected chi connectivity index (χ0v) is 13.2. The molecule has 3 amide bonds. The highest BCUT2D eigenvalue weighted by Crippen LogP contribution is 2.25. The number of rotatable bonds is 4. The first-order valence-corrected chi connectivity index (χ1v) is 7.05. The van der Waals surface area contributed by atoms with E-state index >= 15 is 0 Å². The van der Waals surface area contributed by atoms with E-state index in [4.69, 9.17) is 9.15 Å². The first-order chi connectivity index (χ1) is 10.9. The molecule has 23 heavy (non-hydrogen) atoms. The highest BCUT2D eigenvalue weighted by Gasteiger charge is 2.14. The molecular weight excluding hydrogens is 300 g/mol. The minimum absolute atomic E-state index is 0.0112. The van der Waals surface area contributed by atoms with Gasteiger partial charge >= 0.3 is 12.0 Å². The van der Waals surface area contributed by atoms with E-state index < -0.39 is 24.5 Å². The number of hydrogen-bond donors (Lipinski definition) is 2. The Kier molecular flexibility index (Phi) is 5.00. The van der Waals surface area contributed by atoms with Crippen LogP contribution in [0.1, 0.15) is 16.7 Å². The summed E-state index contributed by atoms with van der Waals surface area (Å²) in [6.07, 6.45) is 1.50. The lowest BCUT2D eigenvalue weighted by Crippen LogP contribution is -2.39. The predicted molar refractivity (Wildman–Crippen MR) is 82.9 cm³/mol. The number of imide groups is 1. The van der Waals surface area contributed by atoms with Gasteiger partial charge in [-0.3, -0.25) is 14.9 Å². The highest BCUT2D eigenvalue weighted by atomic mass is 16.5. The number of carbonyl (C=O) groups is 3. The van der Waals surface area contributed by atoms with E-state index in [-0.39, 0.29) is 6.42 Å². The van der Waals surface area contributed by atoms with Gasteiger partial charge in [-0.15, -0.1) is 0 Å². The van der Waals surface area contributed by atoms with Crippen molar-refractivity contribution in [1.29, 1.82) is 0 Å². The molecule has 122 valence electrons. The van der Waals surface area contributed by atoms with Crippen LogP contribution in [-0.2, 0) is 20.7 Å². The molecule has 0 aliphatic rings. The monoisotopic (exact) mass is 318 g/mol. The number of hydrogen-bond acceptors (Lipinski definition) is 5. The molecule has 0 radical (unpaired) electrons. The van der Waals surface area contributed by atoms with Crippen LogP contribution >= 0.6 is 0 Å². The number of benzene rings is 1. The molecule has 0 spiro atoms. The van der Waals surface area contributed by atoms with Crippen LogP contribution in [0.2, 0.25) is 0 Å². The van der Waals surface area contributed by atoms with Gasteiger partial charge in [0.25, 0.3) is 5.91 Å². The number of amides is 3. The largest absolute Gasteiger partial charge is 0.464 e. The molecule has 0 aliphatic heterocycles. The zero-order chi connectivity index (χ0) is 17.0. The lowest BCUT2D eigenvalue weighted by atomic mass is 10.0. The molecule has 2 rings (SSSR count). The van der Waals surface area contributed by atoms with Gasteiger partial charge in [0, 0.05) is 18.0 Å². The fourth-order valence-electron chi connectivity index (χ4n) is 2.05. The Morgan fingerprint density at radius 1 is 1.17 bits per heavy atom. The van der Waals surface area contributed by atoms with Gasteiger partial charge in [0.15, 0.2) is 6.61 Å². The van der Waals surface area contributed by atoms with Crippen LogP contribution in [-0.4, -0.2) is 31.6 Å². The average Bonchev–Trinajstić information content (AvgIpc) is 2.87. The number of nitrogens with one attached hydrogen (secondary N) is 2. The quantitative estimate of drug-likeness (QED) is 0.834. The average molecular weight is 318 g/mol. The van der Waals surface area contributed by atoms with Gasteiger partial charge in [-0.1, -0.05) is 0 Å². The smallest absolute Gasteiger partial charge is 0.321 e. The summed E-state index contributed by atoms with van der Waals surface area (Å²) >= 11 is 0. The van der Waals surface area contributed by atoms with Crippen molar-refractivity contribution < 1.29 is 23.5 Å². The number of urea groups is 1. The molecule has 0 bridgehead atoms. The van der Waals surface area contributed by atoms with E-state index in [1.165, 1.54) is 13.3 Å². The van der Waals surface area contributed by atoms with Crippen molar-refractivity contribution in [2.75, 3.05) is 13.7 Å². The second-order valence-electron chi connectivity index (χ2n) is 5.16. The summed E-state index contributed by atoms with van der Waals surface area (Å²) in [5.74, 6) is -1.26. The Labute approximate surface area is 133 Å². The molecule has 1 aromatic heterocycles. The van der Waals surface area contributed by atoms with Gasteiger partial charge in [0.1, 0.15) is 5.58 Å². The molecule has 1 aromatic carbocycles. The molecule has 0 unspecified atom stereocenters. The van der Waals surface area contributed by atoms with Crippen LogP contribution < -0.4 is 10.6 Å². The summed E-state index contributed by atoms with van der Waals surface area (Å²) in [7, 11) is 1.38. The topological polar surface area (TPSA) is 97.6 Å². The Bertz CT molecular complexity index is 763. The summed E-state index contributed by atoms with van der Waals surface area (Å²) in [5, 5.41) is 5.08.